The lowest BCUT2D eigenvalue weighted by atomic mass is 10.0. The van der Waals surface area contributed by atoms with Crippen LogP contribution in [0.3, 0.4) is 0 Å². The van der Waals surface area contributed by atoms with E-state index in [1.165, 1.54) is 30.3 Å². The van der Waals surface area contributed by atoms with Gasteiger partial charge in [-0.2, -0.15) is 13.2 Å². The van der Waals surface area contributed by atoms with Crippen LogP contribution in [-0.4, -0.2) is 33.7 Å². The molecule has 11 heteroatoms. The highest BCUT2D eigenvalue weighted by molar-refractivity contribution is 6.32. The van der Waals surface area contributed by atoms with Crippen molar-refractivity contribution in [2.45, 2.75) is 18.6 Å². The van der Waals surface area contributed by atoms with Gasteiger partial charge in [0.15, 0.2) is 6.29 Å². The highest BCUT2D eigenvalue weighted by Crippen LogP contribution is 2.43. The molecule has 0 amide bonds. The summed E-state index contributed by atoms with van der Waals surface area (Å²) in [5, 5.41) is 29.1. The maximum absolute atomic E-state index is 13.2. The lowest BCUT2D eigenvalue weighted by Gasteiger charge is -2.30. The summed E-state index contributed by atoms with van der Waals surface area (Å²) in [4.78, 5) is 10.1. The standard InChI is InChI=1S/C17H11ClF3NO6/c18-12-6-8-5-11(16(23)24)15(17(19,20)21)28-13(8)7-14(12)27-10-3-1-9(2-4-10)22(25)26/h1-7,15-16,23-24H. The highest BCUT2D eigenvalue weighted by atomic mass is 35.5. The van der Waals surface area contributed by atoms with Crippen LogP contribution in [0.1, 0.15) is 5.56 Å². The van der Waals surface area contributed by atoms with Gasteiger partial charge in [0, 0.05) is 29.3 Å². The van der Waals surface area contributed by atoms with Gasteiger partial charge < -0.3 is 19.7 Å². The second-order valence-electron chi connectivity index (χ2n) is 5.73. The molecular formula is C17H11ClF3NO6. The van der Waals surface area contributed by atoms with Crippen LogP contribution in [-0.2, 0) is 0 Å². The fourth-order valence-corrected chi connectivity index (χ4v) is 2.73. The summed E-state index contributed by atoms with van der Waals surface area (Å²) in [7, 11) is 0. The van der Waals surface area contributed by atoms with Crippen molar-refractivity contribution in [1.29, 1.82) is 0 Å². The molecule has 0 saturated carbocycles. The summed E-state index contributed by atoms with van der Waals surface area (Å²) in [5.74, 6) is -0.109. The van der Waals surface area contributed by atoms with Gasteiger partial charge in [-0.25, -0.2) is 0 Å². The van der Waals surface area contributed by atoms with E-state index >= 15 is 0 Å². The highest BCUT2D eigenvalue weighted by Gasteiger charge is 2.47. The number of non-ortho nitro benzene ring substituents is 1. The van der Waals surface area contributed by atoms with E-state index in [0.717, 1.165) is 12.1 Å². The molecule has 0 aromatic heterocycles. The Morgan fingerprint density at radius 3 is 2.39 bits per heavy atom. The number of alkyl halides is 3. The number of nitro groups is 1. The normalized spacial score (nSPS) is 16.2. The number of hydrogen-bond acceptors (Lipinski definition) is 6. The zero-order valence-corrected chi connectivity index (χ0v) is 14.4. The average molecular weight is 418 g/mol. The maximum atomic E-state index is 13.2. The first-order valence-electron chi connectivity index (χ1n) is 7.63. The van der Waals surface area contributed by atoms with Gasteiger partial charge in [0.2, 0.25) is 6.10 Å². The molecule has 2 N–H and O–H groups in total. The van der Waals surface area contributed by atoms with Gasteiger partial charge in [-0.05, 0) is 24.3 Å². The van der Waals surface area contributed by atoms with Crippen molar-refractivity contribution in [2.75, 3.05) is 0 Å². The number of benzene rings is 2. The molecule has 0 radical (unpaired) electrons. The predicted octanol–water partition coefficient (Wildman–Crippen LogP) is 4.06. The molecule has 2 aromatic rings. The van der Waals surface area contributed by atoms with E-state index in [4.69, 9.17) is 21.1 Å². The van der Waals surface area contributed by atoms with Gasteiger partial charge in [-0.3, -0.25) is 10.1 Å². The zero-order valence-electron chi connectivity index (χ0n) is 13.7. The van der Waals surface area contributed by atoms with E-state index < -0.39 is 29.1 Å². The van der Waals surface area contributed by atoms with Crippen LogP contribution in [0.2, 0.25) is 5.02 Å². The largest absolute Gasteiger partial charge is 0.476 e. The van der Waals surface area contributed by atoms with Gasteiger partial charge >= 0.3 is 6.18 Å². The SMILES string of the molecule is O=[N+]([O-])c1ccc(Oc2cc3c(cc2Cl)C=C(C(O)O)C(C(F)(F)F)O3)cc1. The van der Waals surface area contributed by atoms with Gasteiger partial charge in [0.1, 0.15) is 17.2 Å². The molecule has 1 aliphatic rings. The predicted molar refractivity (Wildman–Crippen MR) is 91.3 cm³/mol. The van der Waals surface area contributed by atoms with Crippen LogP contribution in [0.5, 0.6) is 17.2 Å². The van der Waals surface area contributed by atoms with Gasteiger partial charge in [-0.1, -0.05) is 11.6 Å². The Balaban J connectivity index is 1.95. The first kappa shape index (κ1) is 19.9. The molecule has 148 valence electrons. The Bertz CT molecular complexity index is 943. The van der Waals surface area contributed by atoms with E-state index in [0.29, 0.717) is 0 Å². The van der Waals surface area contributed by atoms with Crippen LogP contribution in [0.25, 0.3) is 6.08 Å². The third-order valence-electron chi connectivity index (χ3n) is 3.80. The first-order valence-corrected chi connectivity index (χ1v) is 8.01. The number of nitrogens with zero attached hydrogens (tertiary/aromatic N) is 1. The summed E-state index contributed by atoms with van der Waals surface area (Å²) in [6, 6.07) is 7.34. The van der Waals surface area contributed by atoms with Crippen molar-refractivity contribution in [3.8, 4) is 17.2 Å². The molecular weight excluding hydrogens is 407 g/mol. The minimum Gasteiger partial charge on any atom is -0.476 e. The van der Waals surface area contributed by atoms with Crippen LogP contribution in [0.4, 0.5) is 18.9 Å². The molecule has 0 fully saturated rings. The summed E-state index contributed by atoms with van der Waals surface area (Å²) in [5.41, 5.74) is -0.842. The molecule has 1 unspecified atom stereocenters. The fourth-order valence-electron chi connectivity index (χ4n) is 2.52. The van der Waals surface area contributed by atoms with Gasteiger partial charge in [-0.15, -0.1) is 0 Å². The molecule has 3 rings (SSSR count). The number of aliphatic hydroxyl groups excluding tert-OH is 1. The number of halogens is 4. The topological polar surface area (TPSA) is 102 Å². The molecule has 28 heavy (non-hydrogen) atoms. The summed E-state index contributed by atoms with van der Waals surface area (Å²) < 4.78 is 49.9. The van der Waals surface area contributed by atoms with Crippen molar-refractivity contribution in [2.24, 2.45) is 0 Å². The molecule has 1 atom stereocenters. The van der Waals surface area contributed by atoms with Gasteiger partial charge in [0.05, 0.1) is 9.95 Å². The molecule has 0 spiro atoms. The van der Waals surface area contributed by atoms with E-state index in [1.54, 1.807) is 0 Å². The zero-order chi connectivity index (χ0) is 20.6. The van der Waals surface area contributed by atoms with Crippen LogP contribution in [0.15, 0.2) is 42.0 Å². The van der Waals surface area contributed by atoms with Crippen LogP contribution in [0, 0.1) is 10.1 Å². The van der Waals surface area contributed by atoms with Crippen molar-refractivity contribution in [1.82, 2.24) is 0 Å². The number of rotatable bonds is 4. The third-order valence-corrected chi connectivity index (χ3v) is 4.10. The van der Waals surface area contributed by atoms with E-state index in [2.05, 4.69) is 0 Å². The summed E-state index contributed by atoms with van der Waals surface area (Å²) >= 11 is 6.08. The molecule has 0 saturated heterocycles. The molecule has 0 bridgehead atoms. The maximum Gasteiger partial charge on any atom is 0.429 e. The Morgan fingerprint density at radius 2 is 1.86 bits per heavy atom. The molecule has 0 aliphatic carbocycles. The lowest BCUT2D eigenvalue weighted by Crippen LogP contribution is -2.41. The van der Waals surface area contributed by atoms with E-state index in [1.807, 2.05) is 0 Å². The summed E-state index contributed by atoms with van der Waals surface area (Å²) in [6.45, 7) is 0. The van der Waals surface area contributed by atoms with Crippen LogP contribution < -0.4 is 9.47 Å². The number of fused-ring (bicyclic) bond motifs is 1. The summed E-state index contributed by atoms with van der Waals surface area (Å²) in [6.07, 6.45) is -8.86. The Kier molecular flexibility index (Phi) is 5.20. The molecule has 1 heterocycles. The fraction of sp³-hybridized carbons (Fsp3) is 0.176. The van der Waals surface area contributed by atoms with E-state index in [9.17, 15) is 33.5 Å². The van der Waals surface area contributed by atoms with Crippen molar-refractivity contribution < 1.29 is 37.8 Å². The number of aliphatic hydroxyl groups is 2. The van der Waals surface area contributed by atoms with Crippen molar-refractivity contribution in [3.63, 3.8) is 0 Å². The number of nitro benzene ring substituents is 1. The number of ether oxygens (including phenoxy) is 2. The Labute approximate surface area is 160 Å². The molecule has 7 nitrogen and oxygen atoms in total. The second kappa shape index (κ2) is 7.30. The number of hydrogen-bond donors (Lipinski definition) is 2. The molecule has 2 aromatic carbocycles. The first-order chi connectivity index (χ1) is 13.1. The Hall–Kier alpha value is -2.82. The minimum absolute atomic E-state index is 0.00851. The van der Waals surface area contributed by atoms with E-state index in [-0.39, 0.29) is 33.5 Å². The minimum atomic E-state index is -4.88. The second-order valence-corrected chi connectivity index (χ2v) is 6.14. The van der Waals surface area contributed by atoms with Gasteiger partial charge in [0.25, 0.3) is 5.69 Å². The monoisotopic (exact) mass is 417 g/mol. The molecule has 1 aliphatic heterocycles. The Morgan fingerprint density at radius 1 is 1.21 bits per heavy atom. The smallest absolute Gasteiger partial charge is 0.429 e. The lowest BCUT2D eigenvalue weighted by molar-refractivity contribution is -0.384. The quantitative estimate of drug-likeness (QED) is 0.442. The van der Waals surface area contributed by atoms with Crippen LogP contribution >= 0.6 is 11.6 Å². The van der Waals surface area contributed by atoms with Crippen molar-refractivity contribution >= 4 is 23.4 Å². The average Bonchev–Trinajstić information content (AvgIpc) is 2.61. The van der Waals surface area contributed by atoms with Crippen molar-refractivity contribution in [3.05, 3.63) is 62.7 Å². The third kappa shape index (κ3) is 4.03.